The van der Waals surface area contributed by atoms with Gasteiger partial charge in [0.25, 0.3) is 0 Å². The number of anilines is 1. The number of amides is 2. The monoisotopic (exact) mass is 605 g/mol. The fourth-order valence-corrected chi connectivity index (χ4v) is 6.63. The van der Waals surface area contributed by atoms with E-state index in [-0.39, 0.29) is 37.4 Å². The van der Waals surface area contributed by atoms with Crippen LogP contribution in [0.2, 0.25) is 0 Å². The smallest absolute Gasteiger partial charge is 0.243 e. The predicted octanol–water partition coefficient (Wildman–Crippen LogP) is 5.25. The van der Waals surface area contributed by atoms with Crippen LogP contribution in [0.15, 0.2) is 78.9 Å². The van der Waals surface area contributed by atoms with E-state index in [1.54, 1.807) is 18.1 Å². The zero-order valence-electron chi connectivity index (χ0n) is 25.4. The van der Waals surface area contributed by atoms with Crippen molar-refractivity contribution < 1.29 is 22.7 Å². The normalized spacial score (nSPS) is 14.2. The maximum atomic E-state index is 14.0. The van der Waals surface area contributed by atoms with Gasteiger partial charge in [0, 0.05) is 32.0 Å². The Morgan fingerprint density at radius 1 is 0.953 bits per heavy atom. The molecule has 3 aromatic rings. The SMILES string of the molecule is COc1cccc(CN(C(=O)CCCN(c2cccc(C)c2)S(C)(=O)=O)C(Cc2ccccc2)C(=O)NC2CCCC2)c1. The summed E-state index contributed by atoms with van der Waals surface area (Å²) in [6.07, 6.45) is 5.98. The average Bonchev–Trinajstić information content (AvgIpc) is 3.50. The van der Waals surface area contributed by atoms with Crippen LogP contribution in [0.5, 0.6) is 5.75 Å². The van der Waals surface area contributed by atoms with E-state index >= 15 is 0 Å². The van der Waals surface area contributed by atoms with Crippen molar-refractivity contribution in [3.63, 3.8) is 0 Å². The van der Waals surface area contributed by atoms with Crippen molar-refractivity contribution in [2.75, 3.05) is 24.2 Å². The Morgan fingerprint density at radius 2 is 1.65 bits per heavy atom. The molecule has 0 heterocycles. The van der Waals surface area contributed by atoms with Gasteiger partial charge in [-0.05, 0) is 67.1 Å². The number of hydrogen-bond donors (Lipinski definition) is 1. The van der Waals surface area contributed by atoms with Gasteiger partial charge in [0.15, 0.2) is 0 Å². The molecule has 3 aromatic carbocycles. The molecule has 1 saturated carbocycles. The molecular weight excluding hydrogens is 562 g/mol. The molecule has 1 fully saturated rings. The molecule has 0 saturated heterocycles. The quantitative estimate of drug-likeness (QED) is 0.271. The Morgan fingerprint density at radius 3 is 2.33 bits per heavy atom. The third-order valence-electron chi connectivity index (χ3n) is 7.90. The Hall–Kier alpha value is -3.85. The number of methoxy groups -OCH3 is 1. The van der Waals surface area contributed by atoms with E-state index in [1.165, 1.54) is 10.6 Å². The lowest BCUT2D eigenvalue weighted by atomic mass is 10.0. The molecule has 0 aliphatic heterocycles. The van der Waals surface area contributed by atoms with Gasteiger partial charge >= 0.3 is 0 Å². The van der Waals surface area contributed by atoms with E-state index in [4.69, 9.17) is 4.74 Å². The highest BCUT2D eigenvalue weighted by atomic mass is 32.2. The number of sulfonamides is 1. The van der Waals surface area contributed by atoms with Crippen molar-refractivity contribution in [1.29, 1.82) is 0 Å². The topological polar surface area (TPSA) is 96.0 Å². The molecule has 230 valence electrons. The number of carbonyl (C=O) groups is 2. The van der Waals surface area contributed by atoms with Crippen LogP contribution in [0.1, 0.15) is 55.2 Å². The molecule has 9 heteroatoms. The van der Waals surface area contributed by atoms with Crippen LogP contribution in [0, 0.1) is 6.92 Å². The summed E-state index contributed by atoms with van der Waals surface area (Å²) in [5.74, 6) is 0.300. The van der Waals surface area contributed by atoms with E-state index < -0.39 is 16.1 Å². The third kappa shape index (κ3) is 9.32. The van der Waals surface area contributed by atoms with Gasteiger partial charge in [-0.15, -0.1) is 0 Å². The number of carbonyl (C=O) groups excluding carboxylic acids is 2. The second-order valence-electron chi connectivity index (χ2n) is 11.3. The number of ether oxygens (including phenoxy) is 1. The minimum atomic E-state index is -3.56. The summed E-state index contributed by atoms with van der Waals surface area (Å²) in [5, 5.41) is 3.22. The van der Waals surface area contributed by atoms with Gasteiger partial charge in [-0.2, -0.15) is 0 Å². The fourth-order valence-electron chi connectivity index (χ4n) is 5.68. The van der Waals surface area contributed by atoms with Gasteiger partial charge in [0.05, 0.1) is 19.1 Å². The summed E-state index contributed by atoms with van der Waals surface area (Å²) < 4.78 is 32.1. The van der Waals surface area contributed by atoms with Crippen LogP contribution >= 0.6 is 0 Å². The molecule has 43 heavy (non-hydrogen) atoms. The molecule has 0 radical (unpaired) electrons. The van der Waals surface area contributed by atoms with Crippen molar-refractivity contribution >= 4 is 27.5 Å². The van der Waals surface area contributed by atoms with E-state index in [9.17, 15) is 18.0 Å². The summed E-state index contributed by atoms with van der Waals surface area (Å²) in [4.78, 5) is 29.6. The van der Waals surface area contributed by atoms with Crippen LogP contribution < -0.4 is 14.4 Å². The summed E-state index contributed by atoms with van der Waals surface area (Å²) in [5.41, 5.74) is 3.32. The molecule has 2 amide bonds. The molecule has 8 nitrogen and oxygen atoms in total. The highest BCUT2D eigenvalue weighted by Crippen LogP contribution is 2.23. The highest BCUT2D eigenvalue weighted by molar-refractivity contribution is 7.92. The lowest BCUT2D eigenvalue weighted by molar-refractivity contribution is -0.141. The van der Waals surface area contributed by atoms with Crippen molar-refractivity contribution in [2.24, 2.45) is 0 Å². The Balaban J connectivity index is 1.60. The number of aryl methyl sites for hydroxylation is 1. The minimum absolute atomic E-state index is 0.0871. The van der Waals surface area contributed by atoms with Crippen LogP contribution in [0.3, 0.4) is 0 Å². The highest BCUT2D eigenvalue weighted by Gasteiger charge is 2.32. The van der Waals surface area contributed by atoms with Gasteiger partial charge in [0.1, 0.15) is 11.8 Å². The first-order valence-electron chi connectivity index (χ1n) is 14.9. The molecule has 1 aliphatic rings. The second kappa shape index (κ2) is 15.0. The van der Waals surface area contributed by atoms with Crippen molar-refractivity contribution in [3.05, 3.63) is 95.6 Å². The summed E-state index contributed by atoms with van der Waals surface area (Å²) in [7, 11) is -1.97. The Labute approximate surface area is 256 Å². The number of benzene rings is 3. The molecule has 1 N–H and O–H groups in total. The lowest BCUT2D eigenvalue weighted by Gasteiger charge is -2.33. The first-order valence-corrected chi connectivity index (χ1v) is 16.8. The first-order chi connectivity index (χ1) is 20.6. The summed E-state index contributed by atoms with van der Waals surface area (Å²) >= 11 is 0. The number of nitrogens with zero attached hydrogens (tertiary/aromatic N) is 2. The van der Waals surface area contributed by atoms with Crippen LogP contribution in [0.25, 0.3) is 0 Å². The van der Waals surface area contributed by atoms with E-state index in [0.29, 0.717) is 24.3 Å². The molecule has 4 rings (SSSR count). The number of hydrogen-bond acceptors (Lipinski definition) is 5. The molecule has 1 unspecified atom stereocenters. The van der Waals surface area contributed by atoms with Crippen molar-refractivity contribution in [2.45, 2.75) is 70.5 Å². The third-order valence-corrected chi connectivity index (χ3v) is 9.10. The number of nitrogens with one attached hydrogen (secondary N) is 1. The van der Waals surface area contributed by atoms with Crippen LogP contribution in [-0.2, 0) is 32.6 Å². The fraction of sp³-hybridized carbons (Fsp3) is 0.412. The zero-order chi connectivity index (χ0) is 30.8. The van der Waals surface area contributed by atoms with E-state index in [1.807, 2.05) is 79.7 Å². The Kier molecular flexibility index (Phi) is 11.2. The maximum Gasteiger partial charge on any atom is 0.243 e. The molecule has 0 spiro atoms. The standard InChI is InChI=1S/C34H43N3O5S/c1-26-12-9-18-30(22-26)37(43(3,40)41)21-11-20-33(38)36(25-28-15-10-19-31(23-28)42-2)32(24-27-13-5-4-6-14-27)34(39)35-29-16-7-8-17-29/h4-6,9-10,12-15,18-19,22-23,29,32H,7-8,11,16-17,20-21,24-25H2,1-3H3,(H,35,39). The summed E-state index contributed by atoms with van der Waals surface area (Å²) in [6, 6.07) is 23.9. The van der Waals surface area contributed by atoms with Crippen LogP contribution in [-0.4, -0.2) is 57.1 Å². The number of rotatable bonds is 14. The van der Waals surface area contributed by atoms with Crippen molar-refractivity contribution in [1.82, 2.24) is 10.2 Å². The average molecular weight is 606 g/mol. The Bertz CT molecular complexity index is 1470. The van der Waals surface area contributed by atoms with Gasteiger partial charge in [-0.3, -0.25) is 13.9 Å². The molecule has 1 atom stereocenters. The van der Waals surface area contributed by atoms with Crippen molar-refractivity contribution in [3.8, 4) is 5.75 Å². The zero-order valence-corrected chi connectivity index (χ0v) is 26.2. The molecular formula is C34H43N3O5S. The largest absolute Gasteiger partial charge is 0.497 e. The summed E-state index contributed by atoms with van der Waals surface area (Å²) in [6.45, 7) is 2.28. The predicted molar refractivity (Wildman–Crippen MR) is 170 cm³/mol. The van der Waals surface area contributed by atoms with Gasteiger partial charge in [-0.1, -0.05) is 67.4 Å². The molecule has 0 bridgehead atoms. The maximum absolute atomic E-state index is 14.0. The lowest BCUT2D eigenvalue weighted by Crippen LogP contribution is -2.52. The van der Waals surface area contributed by atoms with Gasteiger partial charge in [0.2, 0.25) is 21.8 Å². The molecule has 1 aliphatic carbocycles. The molecule has 0 aromatic heterocycles. The van der Waals surface area contributed by atoms with E-state index in [2.05, 4.69) is 5.32 Å². The van der Waals surface area contributed by atoms with E-state index in [0.717, 1.165) is 42.4 Å². The minimum Gasteiger partial charge on any atom is -0.497 e. The first kappa shape index (κ1) is 32.1. The van der Waals surface area contributed by atoms with Gasteiger partial charge in [-0.25, -0.2) is 8.42 Å². The van der Waals surface area contributed by atoms with Gasteiger partial charge < -0.3 is 15.0 Å². The van der Waals surface area contributed by atoms with Crippen LogP contribution in [0.4, 0.5) is 5.69 Å². The second-order valence-corrected chi connectivity index (χ2v) is 13.3.